The van der Waals surface area contributed by atoms with E-state index in [-0.39, 0.29) is 4.90 Å². The van der Waals surface area contributed by atoms with Crippen molar-refractivity contribution in [2.75, 3.05) is 5.73 Å². The first-order valence-corrected chi connectivity index (χ1v) is 8.87. The minimum Gasteiger partial charge on any atom is -0.399 e. The van der Waals surface area contributed by atoms with E-state index in [2.05, 4.69) is 25.6 Å². The lowest BCUT2D eigenvalue weighted by Gasteiger charge is -2.24. The molecule has 0 saturated carbocycles. The summed E-state index contributed by atoms with van der Waals surface area (Å²) in [5, 5.41) is 2.50. The van der Waals surface area contributed by atoms with Gasteiger partial charge in [0.25, 0.3) is 0 Å². The predicted octanol–water partition coefficient (Wildman–Crippen LogP) is 2.70. The van der Waals surface area contributed by atoms with Crippen LogP contribution in [-0.4, -0.2) is 13.4 Å². The van der Waals surface area contributed by atoms with Gasteiger partial charge >= 0.3 is 0 Å². The van der Waals surface area contributed by atoms with Crippen LogP contribution in [0.25, 0.3) is 0 Å². The lowest BCUT2D eigenvalue weighted by Crippen LogP contribution is -2.40. The highest BCUT2D eigenvalue weighted by Crippen LogP contribution is 2.28. The summed E-state index contributed by atoms with van der Waals surface area (Å²) in [6, 6.07) is 4.67. The Morgan fingerprint density at radius 1 is 1.40 bits per heavy atom. The molecule has 0 bridgehead atoms. The van der Waals surface area contributed by atoms with Gasteiger partial charge in [0.15, 0.2) is 0 Å². The molecule has 8 heteroatoms. The zero-order chi connectivity index (χ0) is 15.0. The van der Waals surface area contributed by atoms with E-state index in [0.717, 1.165) is 0 Å². The van der Waals surface area contributed by atoms with Crippen LogP contribution < -0.4 is 10.5 Å². The zero-order valence-electron chi connectivity index (χ0n) is 10.9. The van der Waals surface area contributed by atoms with Crippen molar-refractivity contribution in [3.63, 3.8) is 0 Å². The zero-order valence-corrected chi connectivity index (χ0v) is 14.1. The van der Waals surface area contributed by atoms with Crippen LogP contribution >= 0.6 is 27.3 Å². The number of anilines is 1. The van der Waals surface area contributed by atoms with Gasteiger partial charge in [0, 0.05) is 21.7 Å². The number of hydrogen-bond acceptors (Lipinski definition) is 5. The molecule has 20 heavy (non-hydrogen) atoms. The SMILES string of the molecule is CC(C)(NS(=O)(=O)c1cc(N)ccc1Br)c1nccs1. The molecule has 0 amide bonds. The third-order valence-electron chi connectivity index (χ3n) is 2.60. The molecule has 2 aromatic rings. The number of nitrogens with zero attached hydrogens (tertiary/aromatic N) is 1. The largest absolute Gasteiger partial charge is 0.399 e. The summed E-state index contributed by atoms with van der Waals surface area (Å²) in [6.45, 7) is 3.53. The van der Waals surface area contributed by atoms with Gasteiger partial charge in [-0.15, -0.1) is 11.3 Å². The molecule has 2 rings (SSSR count). The van der Waals surface area contributed by atoms with E-state index in [1.54, 1.807) is 32.2 Å². The maximum Gasteiger partial charge on any atom is 0.242 e. The number of aromatic nitrogens is 1. The van der Waals surface area contributed by atoms with Crippen molar-refractivity contribution in [2.45, 2.75) is 24.3 Å². The quantitative estimate of drug-likeness (QED) is 0.804. The Hall–Kier alpha value is -0.960. The number of hydrogen-bond donors (Lipinski definition) is 2. The molecule has 0 aliphatic rings. The number of benzene rings is 1. The van der Waals surface area contributed by atoms with Crippen LogP contribution in [-0.2, 0) is 15.6 Å². The van der Waals surface area contributed by atoms with E-state index in [4.69, 9.17) is 5.73 Å². The molecule has 5 nitrogen and oxygen atoms in total. The van der Waals surface area contributed by atoms with Gasteiger partial charge in [-0.2, -0.15) is 4.72 Å². The van der Waals surface area contributed by atoms with Crippen LogP contribution in [0.3, 0.4) is 0 Å². The summed E-state index contributed by atoms with van der Waals surface area (Å²) in [5.41, 5.74) is 5.25. The van der Waals surface area contributed by atoms with Crippen molar-refractivity contribution in [3.05, 3.63) is 39.3 Å². The summed E-state index contributed by atoms with van der Waals surface area (Å²) >= 11 is 4.63. The normalized spacial score (nSPS) is 12.6. The maximum atomic E-state index is 12.5. The average molecular weight is 376 g/mol. The predicted molar refractivity (Wildman–Crippen MR) is 84.0 cm³/mol. The van der Waals surface area contributed by atoms with Gasteiger partial charge in [-0.3, -0.25) is 0 Å². The Morgan fingerprint density at radius 3 is 2.70 bits per heavy atom. The summed E-state index contributed by atoms with van der Waals surface area (Å²) in [7, 11) is -3.71. The first-order chi connectivity index (χ1) is 9.22. The molecule has 3 N–H and O–H groups in total. The minimum absolute atomic E-state index is 0.113. The molecule has 108 valence electrons. The van der Waals surface area contributed by atoms with Gasteiger partial charge in [-0.25, -0.2) is 13.4 Å². The fourth-order valence-corrected chi connectivity index (χ4v) is 4.86. The molecule has 0 spiro atoms. The second-order valence-corrected chi connectivity index (χ2v) is 8.16. The molecular formula is C12H14BrN3O2S2. The van der Waals surface area contributed by atoms with Gasteiger partial charge in [-0.05, 0) is 48.0 Å². The summed E-state index contributed by atoms with van der Waals surface area (Å²) in [4.78, 5) is 4.27. The Balaban J connectivity index is 2.39. The highest BCUT2D eigenvalue weighted by Gasteiger charge is 2.31. The van der Waals surface area contributed by atoms with Crippen molar-refractivity contribution in [2.24, 2.45) is 0 Å². The lowest BCUT2D eigenvalue weighted by atomic mass is 10.1. The number of nitrogen functional groups attached to an aromatic ring is 1. The Morgan fingerprint density at radius 2 is 2.10 bits per heavy atom. The molecule has 0 fully saturated rings. The third kappa shape index (κ3) is 3.20. The Labute approximate surface area is 130 Å². The molecule has 1 heterocycles. The van der Waals surface area contributed by atoms with Crippen molar-refractivity contribution < 1.29 is 8.42 Å². The van der Waals surface area contributed by atoms with Gasteiger partial charge < -0.3 is 5.73 Å². The highest BCUT2D eigenvalue weighted by molar-refractivity contribution is 9.10. The highest BCUT2D eigenvalue weighted by atomic mass is 79.9. The van der Waals surface area contributed by atoms with Crippen molar-refractivity contribution in [1.29, 1.82) is 0 Å². The first-order valence-electron chi connectivity index (χ1n) is 5.71. The number of nitrogens with one attached hydrogen (secondary N) is 1. The summed E-state index contributed by atoms with van der Waals surface area (Å²) in [6.07, 6.45) is 1.65. The second-order valence-electron chi connectivity index (χ2n) is 4.76. The summed E-state index contributed by atoms with van der Waals surface area (Å²) < 4.78 is 28.1. The molecule has 1 aromatic carbocycles. The van der Waals surface area contributed by atoms with Crippen LogP contribution in [0.4, 0.5) is 5.69 Å². The molecule has 0 aliphatic heterocycles. The second kappa shape index (κ2) is 5.44. The van der Waals surface area contributed by atoms with Crippen LogP contribution in [0.5, 0.6) is 0 Å². The van der Waals surface area contributed by atoms with Crippen LogP contribution in [0.1, 0.15) is 18.9 Å². The van der Waals surface area contributed by atoms with Gasteiger partial charge in [0.2, 0.25) is 10.0 Å². The van der Waals surface area contributed by atoms with Crippen molar-refractivity contribution >= 4 is 43.0 Å². The van der Waals surface area contributed by atoms with Crippen LogP contribution in [0.15, 0.2) is 39.1 Å². The number of nitrogens with two attached hydrogens (primary N) is 1. The van der Waals surface area contributed by atoms with E-state index in [9.17, 15) is 8.42 Å². The van der Waals surface area contributed by atoms with E-state index in [1.165, 1.54) is 17.4 Å². The standard InChI is InChI=1S/C12H14BrN3O2S2/c1-12(2,11-15-5-6-19-11)16-20(17,18)10-7-8(14)3-4-9(10)13/h3-7,16H,14H2,1-2H3. The fourth-order valence-electron chi connectivity index (χ4n) is 1.69. The lowest BCUT2D eigenvalue weighted by molar-refractivity contribution is 0.469. The van der Waals surface area contributed by atoms with Crippen molar-refractivity contribution in [1.82, 2.24) is 9.71 Å². The van der Waals surface area contributed by atoms with Gasteiger partial charge in [0.05, 0.1) is 10.4 Å². The number of rotatable bonds is 4. The molecule has 0 aliphatic carbocycles. The van der Waals surface area contributed by atoms with E-state index >= 15 is 0 Å². The van der Waals surface area contributed by atoms with Crippen LogP contribution in [0, 0.1) is 0 Å². The van der Waals surface area contributed by atoms with E-state index in [1.807, 2.05) is 5.38 Å². The van der Waals surface area contributed by atoms with Gasteiger partial charge in [-0.1, -0.05) is 0 Å². The first kappa shape index (κ1) is 15.4. The fraction of sp³-hybridized carbons (Fsp3) is 0.250. The minimum atomic E-state index is -3.71. The van der Waals surface area contributed by atoms with Crippen molar-refractivity contribution in [3.8, 4) is 0 Å². The molecular weight excluding hydrogens is 362 g/mol. The number of halogens is 1. The van der Waals surface area contributed by atoms with E-state index in [0.29, 0.717) is 15.2 Å². The monoisotopic (exact) mass is 375 g/mol. The molecule has 0 radical (unpaired) electrons. The molecule has 1 aromatic heterocycles. The summed E-state index contributed by atoms with van der Waals surface area (Å²) in [5.74, 6) is 0. The topological polar surface area (TPSA) is 85.1 Å². The van der Waals surface area contributed by atoms with Gasteiger partial charge in [0.1, 0.15) is 5.01 Å². The average Bonchev–Trinajstić information content (AvgIpc) is 2.85. The maximum absolute atomic E-state index is 12.5. The number of sulfonamides is 1. The smallest absolute Gasteiger partial charge is 0.242 e. The van der Waals surface area contributed by atoms with Crippen LogP contribution in [0.2, 0.25) is 0 Å². The molecule has 0 unspecified atom stereocenters. The molecule has 0 saturated heterocycles. The van der Waals surface area contributed by atoms with E-state index < -0.39 is 15.6 Å². The Bertz CT molecular complexity index is 712. The Kier molecular flexibility index (Phi) is 4.19. The third-order valence-corrected chi connectivity index (χ3v) is 6.35. The number of thiazole rings is 1. The molecule has 0 atom stereocenters.